The van der Waals surface area contributed by atoms with E-state index in [1.54, 1.807) is 0 Å². The largest absolute Gasteiger partial charge is 0.309 e. The first-order valence-corrected chi connectivity index (χ1v) is 26.1. The Morgan fingerprint density at radius 2 is 0.716 bits per heavy atom. The van der Waals surface area contributed by atoms with Gasteiger partial charge in [0.25, 0.3) is 0 Å². The van der Waals surface area contributed by atoms with Crippen molar-refractivity contribution in [3.63, 3.8) is 0 Å². The highest BCUT2D eigenvalue weighted by Gasteiger charge is 2.38. The van der Waals surface area contributed by atoms with Crippen LogP contribution in [0.5, 0.6) is 0 Å². The van der Waals surface area contributed by atoms with Gasteiger partial charge in [0.2, 0.25) is 0 Å². The zero-order chi connectivity index (χ0) is 49.5. The van der Waals surface area contributed by atoms with E-state index in [9.17, 15) is 0 Å². The quantitative estimate of drug-likeness (QED) is 0.147. The number of nitrogens with zero attached hydrogens (tertiary/aromatic N) is 2. The summed E-state index contributed by atoms with van der Waals surface area (Å²) in [7, 11) is 0. The Bertz CT molecular complexity index is 4530. The van der Waals surface area contributed by atoms with Crippen molar-refractivity contribution in [1.29, 1.82) is 0 Å². The molecular weight excluding hydrogens is 893 g/mol. The Hall–Kier alpha value is -8.98. The monoisotopic (exact) mass is 944 g/mol. The summed E-state index contributed by atoms with van der Waals surface area (Å²) in [6, 6.07) is 86.1. The number of hydrogen-bond acceptors (Lipinski definition) is 0. The van der Waals surface area contributed by atoms with Crippen molar-refractivity contribution >= 4 is 66.5 Å². The number of aromatic nitrogens is 2. The van der Waals surface area contributed by atoms with Gasteiger partial charge in [-0.05, 0) is 156 Å². The Morgan fingerprint density at radius 1 is 0.297 bits per heavy atom. The highest BCUT2D eigenvalue weighted by atomic mass is 15.0. The lowest BCUT2D eigenvalue weighted by atomic mass is 9.79. The van der Waals surface area contributed by atoms with Crippen molar-refractivity contribution in [1.82, 2.24) is 9.13 Å². The maximum atomic E-state index is 2.47. The number of hydrogen-bond donors (Lipinski definition) is 0. The summed E-state index contributed by atoms with van der Waals surface area (Å²) in [6.45, 7) is 9.60. The van der Waals surface area contributed by atoms with E-state index in [2.05, 4.69) is 280 Å². The predicted octanol–water partition coefficient (Wildman–Crippen LogP) is 19.2. The Labute approximate surface area is 431 Å². The van der Waals surface area contributed by atoms with E-state index >= 15 is 0 Å². The fourth-order valence-electron chi connectivity index (χ4n) is 13.1. The van der Waals surface area contributed by atoms with E-state index in [1.165, 1.54) is 144 Å². The Morgan fingerprint density at radius 3 is 1.35 bits per heavy atom. The summed E-state index contributed by atoms with van der Waals surface area (Å²) in [5, 5.41) is 7.57. The molecule has 74 heavy (non-hydrogen) atoms. The van der Waals surface area contributed by atoms with Crippen molar-refractivity contribution in [3.05, 3.63) is 264 Å². The molecule has 13 aromatic rings. The number of fused-ring (bicyclic) bond motifs is 13. The summed E-state index contributed by atoms with van der Waals surface area (Å²) in [6.07, 6.45) is 4.55. The third-order valence-electron chi connectivity index (χ3n) is 16.9. The molecule has 11 aromatic carbocycles. The molecule has 0 amide bonds. The molecule has 2 aromatic heterocycles. The van der Waals surface area contributed by atoms with Crippen LogP contribution in [0.3, 0.4) is 0 Å². The van der Waals surface area contributed by atoms with Gasteiger partial charge in [0.15, 0.2) is 0 Å². The van der Waals surface area contributed by atoms with E-state index in [0.29, 0.717) is 0 Å². The maximum absolute atomic E-state index is 2.47. The SMILES string of the molecule is CC1(C)c2cc(/C=C/c3ccc4c(c3)c3ccccc3n4-c3ccccc3)ccc2-c2ccc(-c3ccc4c(c3)C(C)(C)c3cc(-c5ccc6c(c5)c5ccccc5n6-c5cccc6ccccc56)ccc3-4)cc21. The van der Waals surface area contributed by atoms with E-state index in [4.69, 9.17) is 0 Å². The third kappa shape index (κ3) is 6.24. The van der Waals surface area contributed by atoms with Crippen LogP contribution in [0, 0.1) is 0 Å². The molecule has 0 fully saturated rings. The van der Waals surface area contributed by atoms with E-state index in [1.807, 2.05) is 0 Å². The van der Waals surface area contributed by atoms with Gasteiger partial charge in [-0.25, -0.2) is 0 Å². The van der Waals surface area contributed by atoms with Gasteiger partial charge in [-0.3, -0.25) is 0 Å². The number of benzene rings is 11. The molecule has 0 atom stereocenters. The smallest absolute Gasteiger partial charge is 0.0541 e. The summed E-state index contributed by atoms with van der Waals surface area (Å²) in [5.41, 5.74) is 25.2. The fourth-order valence-corrected chi connectivity index (χ4v) is 13.1. The number of rotatable bonds is 6. The summed E-state index contributed by atoms with van der Waals surface area (Å²) < 4.78 is 4.82. The third-order valence-corrected chi connectivity index (χ3v) is 16.9. The molecule has 2 nitrogen and oxygen atoms in total. The van der Waals surface area contributed by atoms with Gasteiger partial charge in [-0.1, -0.05) is 198 Å². The second-order valence-electron chi connectivity index (χ2n) is 21.7. The second kappa shape index (κ2) is 15.8. The summed E-state index contributed by atoms with van der Waals surface area (Å²) in [4.78, 5) is 0. The fraction of sp³-hybridized carbons (Fsp3) is 0.0833. The molecular formula is C72H52N2. The predicted molar refractivity (Wildman–Crippen MR) is 314 cm³/mol. The van der Waals surface area contributed by atoms with Crippen LogP contribution in [0.15, 0.2) is 231 Å². The molecule has 0 bridgehead atoms. The highest BCUT2D eigenvalue weighted by Crippen LogP contribution is 2.53. The lowest BCUT2D eigenvalue weighted by Crippen LogP contribution is -2.15. The first kappa shape index (κ1) is 42.7. The molecule has 15 rings (SSSR count). The van der Waals surface area contributed by atoms with Crippen LogP contribution in [0.25, 0.3) is 122 Å². The molecule has 350 valence electrons. The first-order chi connectivity index (χ1) is 36.2. The maximum Gasteiger partial charge on any atom is 0.0541 e. The van der Waals surface area contributed by atoms with Crippen LogP contribution in [0.1, 0.15) is 61.1 Å². The number of para-hydroxylation sites is 3. The molecule has 0 aliphatic heterocycles. The highest BCUT2D eigenvalue weighted by molar-refractivity contribution is 6.12. The van der Waals surface area contributed by atoms with Crippen LogP contribution in [-0.4, -0.2) is 9.13 Å². The first-order valence-electron chi connectivity index (χ1n) is 26.1. The van der Waals surface area contributed by atoms with Gasteiger partial charge in [-0.2, -0.15) is 0 Å². The van der Waals surface area contributed by atoms with Crippen molar-refractivity contribution in [2.45, 2.75) is 38.5 Å². The molecule has 0 spiro atoms. The molecule has 0 N–H and O–H groups in total. The summed E-state index contributed by atoms with van der Waals surface area (Å²) in [5.74, 6) is 0. The average Bonchev–Trinajstić information content (AvgIpc) is 4.10. The lowest BCUT2D eigenvalue weighted by Gasteiger charge is -2.24. The normalized spacial score (nSPS) is 14.1. The molecule has 0 unspecified atom stereocenters. The molecule has 2 aliphatic rings. The Kier molecular flexibility index (Phi) is 9.09. The van der Waals surface area contributed by atoms with Crippen LogP contribution in [-0.2, 0) is 10.8 Å². The minimum absolute atomic E-state index is 0.154. The minimum Gasteiger partial charge on any atom is -0.309 e. The van der Waals surface area contributed by atoms with Gasteiger partial charge in [-0.15, -0.1) is 0 Å². The topological polar surface area (TPSA) is 9.86 Å². The van der Waals surface area contributed by atoms with Crippen molar-refractivity contribution in [2.75, 3.05) is 0 Å². The van der Waals surface area contributed by atoms with E-state index in [0.717, 1.165) is 0 Å². The van der Waals surface area contributed by atoms with Gasteiger partial charge < -0.3 is 9.13 Å². The van der Waals surface area contributed by atoms with E-state index < -0.39 is 0 Å². The molecule has 2 heteroatoms. The zero-order valence-electron chi connectivity index (χ0n) is 42.0. The van der Waals surface area contributed by atoms with Crippen LogP contribution < -0.4 is 0 Å². The molecule has 0 radical (unpaired) electrons. The second-order valence-corrected chi connectivity index (χ2v) is 21.7. The average molecular weight is 945 g/mol. The standard InChI is InChI=1S/C72H52N2/c1-71(2)62-40-46(26-25-45-28-37-69-60(39-45)58-20-10-12-22-67(58)73(69)52-17-6-5-7-18-52)27-33-54(62)55-35-30-50(43-63(55)71)51-31-36-57-56-34-29-49(42-64(56)72(3,4)65(57)44-51)48-32-38-70-61(41-48)59-21-11-13-23-68(59)74(70)66-24-14-16-47-15-8-9-19-53(47)66/h5-44H,1-4H3/b26-25+. The van der Waals surface area contributed by atoms with Gasteiger partial charge in [0, 0.05) is 43.4 Å². The van der Waals surface area contributed by atoms with Crippen molar-refractivity contribution in [3.8, 4) is 55.9 Å². The van der Waals surface area contributed by atoms with Crippen LogP contribution in [0.2, 0.25) is 0 Å². The summed E-state index contributed by atoms with van der Waals surface area (Å²) >= 11 is 0. The lowest BCUT2D eigenvalue weighted by molar-refractivity contribution is 0.659. The van der Waals surface area contributed by atoms with Crippen LogP contribution in [0.4, 0.5) is 0 Å². The molecule has 2 aliphatic carbocycles. The zero-order valence-corrected chi connectivity index (χ0v) is 42.0. The molecule has 2 heterocycles. The van der Waals surface area contributed by atoms with Gasteiger partial charge in [0.05, 0.1) is 27.8 Å². The minimum atomic E-state index is -0.172. The van der Waals surface area contributed by atoms with E-state index in [-0.39, 0.29) is 10.8 Å². The van der Waals surface area contributed by atoms with Crippen molar-refractivity contribution < 1.29 is 0 Å². The van der Waals surface area contributed by atoms with Crippen molar-refractivity contribution in [2.24, 2.45) is 0 Å². The Balaban J connectivity index is 0.725. The van der Waals surface area contributed by atoms with Gasteiger partial charge >= 0.3 is 0 Å². The van der Waals surface area contributed by atoms with Gasteiger partial charge in [0.1, 0.15) is 0 Å². The molecule has 0 saturated heterocycles. The molecule has 0 saturated carbocycles. The van der Waals surface area contributed by atoms with Crippen LogP contribution >= 0.6 is 0 Å².